The number of esters is 2. The van der Waals surface area contributed by atoms with Gasteiger partial charge in [0.15, 0.2) is 22.8 Å². The predicted octanol–water partition coefficient (Wildman–Crippen LogP) is 3.23. The zero-order chi connectivity index (χ0) is 38.4. The number of ketones is 1. The van der Waals surface area contributed by atoms with E-state index in [-0.39, 0.29) is 68.1 Å². The third kappa shape index (κ3) is 13.0. The first-order valence-electron chi connectivity index (χ1n) is 17.4. The topological polar surface area (TPSA) is 226 Å². The molecule has 2 aromatic heterocycles. The monoisotopic (exact) mass is 721 g/mol. The first-order chi connectivity index (χ1) is 24.6. The van der Waals surface area contributed by atoms with Crippen LogP contribution in [0.2, 0.25) is 0 Å². The Morgan fingerprint density at radius 3 is 2.33 bits per heavy atom. The quantitative estimate of drug-likeness (QED) is 0.0918. The minimum absolute atomic E-state index is 0.0136. The van der Waals surface area contributed by atoms with Crippen LogP contribution in [0, 0.1) is 5.92 Å². The van der Waals surface area contributed by atoms with Gasteiger partial charge in [0.05, 0.1) is 37.4 Å². The van der Waals surface area contributed by atoms with Crippen molar-refractivity contribution in [1.29, 1.82) is 0 Å². The number of anilines is 3. The van der Waals surface area contributed by atoms with Crippen LogP contribution in [0.1, 0.15) is 89.2 Å². The summed E-state index contributed by atoms with van der Waals surface area (Å²) in [5, 5.41) is 2.82. The molecule has 0 spiro atoms. The summed E-state index contributed by atoms with van der Waals surface area (Å²) in [6.45, 7) is 10.7. The number of nitrogens with two attached hydrogens (primary N) is 2. The number of carbonyl (C=O) groups is 5. The summed E-state index contributed by atoms with van der Waals surface area (Å²) in [5.41, 5.74) is 13.3. The van der Waals surface area contributed by atoms with Crippen molar-refractivity contribution in [2.75, 3.05) is 49.7 Å². The maximum atomic E-state index is 13.4. The van der Waals surface area contributed by atoms with E-state index in [0.717, 1.165) is 5.69 Å². The summed E-state index contributed by atoms with van der Waals surface area (Å²) in [5.74, 6) is -2.31. The maximum Gasteiger partial charge on any atom is 0.309 e. The van der Waals surface area contributed by atoms with Gasteiger partial charge >= 0.3 is 11.9 Å². The first kappa shape index (κ1) is 41.0. The molecule has 16 nitrogen and oxygen atoms in total. The normalized spacial score (nSPS) is 11.8. The second kappa shape index (κ2) is 19.3. The second-order valence-electron chi connectivity index (χ2n) is 13.3. The molecule has 1 atom stereocenters. The van der Waals surface area contributed by atoms with E-state index in [0.29, 0.717) is 55.0 Å². The van der Waals surface area contributed by atoms with E-state index < -0.39 is 23.5 Å². The second-order valence-corrected chi connectivity index (χ2v) is 13.3. The molecule has 1 aromatic carbocycles. The summed E-state index contributed by atoms with van der Waals surface area (Å²) in [7, 11) is 1.86. The molecule has 0 fully saturated rings. The summed E-state index contributed by atoms with van der Waals surface area (Å²) in [4.78, 5) is 83.6. The number of ether oxygens (including phenoxy) is 2. The molecule has 2 amide bonds. The van der Waals surface area contributed by atoms with E-state index in [2.05, 4.69) is 25.3 Å². The van der Waals surface area contributed by atoms with Crippen molar-refractivity contribution in [3.8, 4) is 0 Å². The van der Waals surface area contributed by atoms with Crippen molar-refractivity contribution in [2.45, 2.75) is 85.3 Å². The fourth-order valence-electron chi connectivity index (χ4n) is 5.28. The molecular weight excluding hydrogens is 670 g/mol. The van der Waals surface area contributed by atoms with Crippen LogP contribution < -0.4 is 21.7 Å². The Bertz CT molecular complexity index is 1710. The van der Waals surface area contributed by atoms with Gasteiger partial charge in [-0.2, -0.15) is 9.97 Å². The van der Waals surface area contributed by atoms with E-state index in [1.807, 2.05) is 18.9 Å². The third-order valence-corrected chi connectivity index (χ3v) is 7.93. The highest BCUT2D eigenvalue weighted by Crippen LogP contribution is 2.23. The number of nitrogens with zero attached hydrogens (tertiary/aromatic N) is 6. The number of amides is 2. The van der Waals surface area contributed by atoms with Gasteiger partial charge < -0.3 is 36.1 Å². The third-order valence-electron chi connectivity index (χ3n) is 7.93. The summed E-state index contributed by atoms with van der Waals surface area (Å²) in [6, 6.07) is 6.97. The van der Waals surface area contributed by atoms with E-state index in [9.17, 15) is 24.0 Å². The molecular formula is C36H51N9O7. The average molecular weight is 722 g/mol. The Morgan fingerprint density at radius 2 is 1.67 bits per heavy atom. The smallest absolute Gasteiger partial charge is 0.309 e. The van der Waals surface area contributed by atoms with Crippen LogP contribution in [0.15, 0.2) is 30.5 Å². The van der Waals surface area contributed by atoms with Crippen molar-refractivity contribution in [2.24, 2.45) is 5.92 Å². The minimum atomic E-state index is -0.828. The van der Waals surface area contributed by atoms with Crippen molar-refractivity contribution >= 4 is 58.2 Å². The van der Waals surface area contributed by atoms with Gasteiger partial charge in [-0.25, -0.2) is 9.97 Å². The lowest BCUT2D eigenvalue weighted by Crippen LogP contribution is -2.35. The molecule has 3 rings (SSSR count). The van der Waals surface area contributed by atoms with Crippen LogP contribution in [0.5, 0.6) is 0 Å². The van der Waals surface area contributed by atoms with Crippen molar-refractivity contribution in [3.05, 3.63) is 41.7 Å². The van der Waals surface area contributed by atoms with Gasteiger partial charge in [-0.1, -0.05) is 0 Å². The summed E-state index contributed by atoms with van der Waals surface area (Å²) in [6.07, 6.45) is 2.19. The van der Waals surface area contributed by atoms with E-state index in [4.69, 9.17) is 20.9 Å². The van der Waals surface area contributed by atoms with Gasteiger partial charge in [-0.15, -0.1) is 0 Å². The molecule has 2 heterocycles. The molecule has 0 bridgehead atoms. The number of fused-ring (bicyclic) bond motifs is 1. The number of hydrogen-bond donors (Lipinski definition) is 3. The highest BCUT2D eigenvalue weighted by atomic mass is 16.6. The van der Waals surface area contributed by atoms with Gasteiger partial charge in [0, 0.05) is 57.2 Å². The molecule has 3 aromatic rings. The van der Waals surface area contributed by atoms with Crippen LogP contribution in [0.4, 0.5) is 17.5 Å². The molecule has 5 N–H and O–H groups in total. The van der Waals surface area contributed by atoms with Gasteiger partial charge in [-0.3, -0.25) is 24.0 Å². The number of aromatic nitrogens is 4. The molecule has 282 valence electrons. The number of hydrogen-bond acceptors (Lipinski definition) is 14. The number of rotatable bonds is 19. The molecule has 0 radical (unpaired) electrons. The largest absolute Gasteiger partial charge is 0.466 e. The van der Waals surface area contributed by atoms with Crippen molar-refractivity contribution in [3.63, 3.8) is 0 Å². The SMILES string of the molecule is CCOC(=O)CCC(=O)N(CC)CCCNC(=O)CC[C@@H](CC(=O)c1ccc(N(C)Cc2cnc3nc(N)nc(N)c3n2)cc1)C(=O)OC(C)(C)C. The Labute approximate surface area is 304 Å². The molecule has 0 aliphatic heterocycles. The van der Waals surface area contributed by atoms with E-state index in [1.54, 1.807) is 63.1 Å². The number of carbonyl (C=O) groups excluding carboxylic acids is 5. The lowest BCUT2D eigenvalue weighted by Gasteiger charge is -2.24. The van der Waals surface area contributed by atoms with Gasteiger partial charge in [0.2, 0.25) is 17.8 Å². The Hall–Kier alpha value is -5.41. The average Bonchev–Trinajstić information content (AvgIpc) is 3.08. The fraction of sp³-hybridized carbons (Fsp3) is 0.528. The zero-order valence-electron chi connectivity index (χ0n) is 30.9. The first-order valence-corrected chi connectivity index (χ1v) is 17.4. The van der Waals surface area contributed by atoms with Gasteiger partial charge in [-0.05, 0) is 71.7 Å². The number of nitrogens with one attached hydrogen (secondary N) is 1. The minimum Gasteiger partial charge on any atom is -0.466 e. The fourth-order valence-corrected chi connectivity index (χ4v) is 5.28. The molecule has 0 saturated heterocycles. The maximum absolute atomic E-state index is 13.4. The zero-order valence-corrected chi connectivity index (χ0v) is 30.9. The highest BCUT2D eigenvalue weighted by molar-refractivity contribution is 5.98. The van der Waals surface area contributed by atoms with E-state index in [1.165, 1.54) is 0 Å². The van der Waals surface area contributed by atoms with Crippen LogP contribution in [-0.2, 0) is 35.2 Å². The van der Waals surface area contributed by atoms with Crippen LogP contribution in [0.3, 0.4) is 0 Å². The molecule has 16 heteroatoms. The molecule has 0 aliphatic carbocycles. The van der Waals surface area contributed by atoms with E-state index >= 15 is 0 Å². The Balaban J connectivity index is 1.54. The van der Waals surface area contributed by atoms with Crippen LogP contribution in [0.25, 0.3) is 11.2 Å². The number of nitrogen functional groups attached to an aromatic ring is 2. The molecule has 52 heavy (non-hydrogen) atoms. The Morgan fingerprint density at radius 1 is 0.962 bits per heavy atom. The standard InChI is InChI=1S/C36H51N9O7/c1-7-45(29(48)16-17-30(49)51-8-2)19-9-18-39-28(47)15-12-24(34(50)52-36(3,4)5)20-27(46)23-10-13-26(14-11-23)44(6)22-25-21-40-33-31(41-25)32(37)42-35(38)43-33/h10-11,13-14,21,24H,7-9,12,15-20,22H2,1-6H3,(H,39,47)(H4,37,38,40,42,43)/t24-/m0/s1. The van der Waals surface area contributed by atoms with Crippen molar-refractivity contribution in [1.82, 2.24) is 30.2 Å². The number of benzene rings is 1. The highest BCUT2D eigenvalue weighted by Gasteiger charge is 2.28. The lowest BCUT2D eigenvalue weighted by atomic mass is 9.93. The van der Waals surface area contributed by atoms with Crippen LogP contribution in [-0.4, -0.2) is 93.3 Å². The summed E-state index contributed by atoms with van der Waals surface area (Å²) < 4.78 is 10.5. The predicted molar refractivity (Wildman–Crippen MR) is 196 cm³/mol. The number of Topliss-reactive ketones (excluding diaryl/α,β-unsaturated/α-hetero) is 1. The van der Waals surface area contributed by atoms with Crippen molar-refractivity contribution < 1.29 is 33.4 Å². The molecule has 0 saturated carbocycles. The molecule has 0 unspecified atom stereocenters. The summed E-state index contributed by atoms with van der Waals surface area (Å²) >= 11 is 0. The van der Waals surface area contributed by atoms with Crippen LogP contribution >= 0.6 is 0 Å². The molecule has 0 aliphatic rings. The lowest BCUT2D eigenvalue weighted by molar-refractivity contribution is -0.160. The Kier molecular flexibility index (Phi) is 15.2. The van der Waals surface area contributed by atoms with Gasteiger partial charge in [0.1, 0.15) is 5.60 Å². The van der Waals surface area contributed by atoms with Gasteiger partial charge in [0.25, 0.3) is 0 Å².